The molecule has 33 heavy (non-hydrogen) atoms. The number of guanidine groups is 1. The standard InChI is InChI=1S/C22H31N7O4/c23-15(6-3-9-26-22(24)25)19(30)28-17(20(31)29-10-4-8-18(29)21(32)33)11-13-12-27-16-7-2-1-5-14(13)16/h1-2,5,7,12,15,17-18,27H,3-4,6,8-11,23H2,(H,28,30)(H,32,33)(H4,24,25,26)/t15-,17-,18+/m0/s1. The first kappa shape index (κ1) is 24.1. The number of aromatic amines is 1. The summed E-state index contributed by atoms with van der Waals surface area (Å²) >= 11 is 0. The van der Waals surface area contributed by atoms with Crippen molar-refractivity contribution >= 4 is 34.6 Å². The zero-order chi connectivity index (χ0) is 24.0. The second-order valence-corrected chi connectivity index (χ2v) is 8.21. The summed E-state index contributed by atoms with van der Waals surface area (Å²) < 4.78 is 0. The SMILES string of the molecule is NC(N)=NCCC[C@H](N)C(=O)N[C@@H](Cc1c[nH]c2ccccc12)C(=O)N1CCC[C@@H]1C(=O)O. The van der Waals surface area contributed by atoms with E-state index in [2.05, 4.69) is 15.3 Å². The number of rotatable bonds is 10. The number of nitrogens with one attached hydrogen (secondary N) is 2. The highest BCUT2D eigenvalue weighted by molar-refractivity contribution is 5.93. The average Bonchev–Trinajstić information content (AvgIpc) is 3.43. The number of para-hydroxylation sites is 1. The molecule has 1 aromatic heterocycles. The minimum absolute atomic E-state index is 0.0315. The molecule has 0 saturated carbocycles. The minimum atomic E-state index is -1.05. The van der Waals surface area contributed by atoms with E-state index in [0.717, 1.165) is 16.5 Å². The van der Waals surface area contributed by atoms with Crippen LogP contribution in [0.3, 0.4) is 0 Å². The van der Waals surface area contributed by atoms with E-state index in [0.29, 0.717) is 38.8 Å². The molecule has 1 aromatic carbocycles. The van der Waals surface area contributed by atoms with E-state index < -0.39 is 35.9 Å². The Morgan fingerprint density at radius 1 is 1.27 bits per heavy atom. The predicted octanol–water partition coefficient (Wildman–Crippen LogP) is -0.348. The van der Waals surface area contributed by atoms with Crippen LogP contribution >= 0.6 is 0 Å². The lowest BCUT2D eigenvalue weighted by molar-refractivity contribution is -0.149. The fourth-order valence-corrected chi connectivity index (χ4v) is 4.14. The first-order valence-corrected chi connectivity index (χ1v) is 11.0. The van der Waals surface area contributed by atoms with Gasteiger partial charge in [-0.05, 0) is 37.3 Å². The highest BCUT2D eigenvalue weighted by Gasteiger charge is 2.38. The first-order valence-electron chi connectivity index (χ1n) is 11.0. The number of nitrogens with two attached hydrogens (primary N) is 3. The van der Waals surface area contributed by atoms with E-state index >= 15 is 0 Å². The molecule has 0 aliphatic carbocycles. The number of benzene rings is 1. The van der Waals surface area contributed by atoms with Gasteiger partial charge in [0, 0.05) is 36.6 Å². The molecule has 11 nitrogen and oxygen atoms in total. The van der Waals surface area contributed by atoms with Crippen LogP contribution in [0.15, 0.2) is 35.5 Å². The molecule has 178 valence electrons. The number of fused-ring (bicyclic) bond motifs is 1. The summed E-state index contributed by atoms with van der Waals surface area (Å²) in [5.41, 5.74) is 18.4. The Kier molecular flexibility index (Phi) is 7.88. The number of H-pyrrole nitrogens is 1. The van der Waals surface area contributed by atoms with Crippen molar-refractivity contribution in [3.63, 3.8) is 0 Å². The van der Waals surface area contributed by atoms with Crippen LogP contribution in [0.4, 0.5) is 0 Å². The summed E-state index contributed by atoms with van der Waals surface area (Å²) in [5, 5.41) is 13.2. The van der Waals surface area contributed by atoms with Crippen LogP contribution in [0, 0.1) is 0 Å². The number of aliphatic imine (C=N–C) groups is 1. The van der Waals surface area contributed by atoms with Crippen molar-refractivity contribution in [1.29, 1.82) is 0 Å². The summed E-state index contributed by atoms with van der Waals surface area (Å²) in [4.78, 5) is 46.1. The van der Waals surface area contributed by atoms with Gasteiger partial charge in [-0.3, -0.25) is 14.6 Å². The third kappa shape index (κ3) is 6.01. The third-order valence-electron chi connectivity index (χ3n) is 5.84. The van der Waals surface area contributed by atoms with E-state index in [1.807, 2.05) is 24.3 Å². The zero-order valence-corrected chi connectivity index (χ0v) is 18.4. The molecule has 0 bridgehead atoms. The molecule has 3 rings (SSSR count). The summed E-state index contributed by atoms with van der Waals surface area (Å²) in [5.74, 6) is -1.99. The number of aliphatic carboxylic acids is 1. The number of carbonyl (C=O) groups is 3. The first-order chi connectivity index (χ1) is 15.8. The average molecular weight is 458 g/mol. The van der Waals surface area contributed by atoms with E-state index in [9.17, 15) is 19.5 Å². The lowest BCUT2D eigenvalue weighted by Gasteiger charge is -2.28. The van der Waals surface area contributed by atoms with Gasteiger partial charge in [-0.1, -0.05) is 18.2 Å². The summed E-state index contributed by atoms with van der Waals surface area (Å²) in [6, 6.07) is 4.94. The lowest BCUT2D eigenvalue weighted by atomic mass is 10.0. The molecule has 11 heteroatoms. The Hall–Kier alpha value is -3.60. The second-order valence-electron chi connectivity index (χ2n) is 8.21. The van der Waals surface area contributed by atoms with Crippen molar-refractivity contribution in [1.82, 2.24) is 15.2 Å². The van der Waals surface area contributed by atoms with Crippen LogP contribution in [0.2, 0.25) is 0 Å². The van der Waals surface area contributed by atoms with Gasteiger partial charge >= 0.3 is 5.97 Å². The van der Waals surface area contributed by atoms with Gasteiger partial charge in [0.25, 0.3) is 0 Å². The van der Waals surface area contributed by atoms with Crippen molar-refractivity contribution in [2.75, 3.05) is 13.1 Å². The number of likely N-dealkylation sites (tertiary alicyclic amines) is 1. The summed E-state index contributed by atoms with van der Waals surface area (Å²) in [7, 11) is 0. The van der Waals surface area contributed by atoms with Crippen molar-refractivity contribution in [2.24, 2.45) is 22.2 Å². The largest absolute Gasteiger partial charge is 0.480 e. The molecule has 2 heterocycles. The van der Waals surface area contributed by atoms with Crippen LogP contribution in [0.5, 0.6) is 0 Å². The van der Waals surface area contributed by atoms with E-state index in [1.54, 1.807) is 6.20 Å². The van der Waals surface area contributed by atoms with Crippen LogP contribution in [-0.2, 0) is 20.8 Å². The molecule has 0 spiro atoms. The van der Waals surface area contributed by atoms with Gasteiger partial charge in [0.15, 0.2) is 5.96 Å². The van der Waals surface area contributed by atoms with Gasteiger partial charge in [0.1, 0.15) is 12.1 Å². The Bertz CT molecular complexity index is 1030. The van der Waals surface area contributed by atoms with Crippen molar-refractivity contribution in [3.8, 4) is 0 Å². The van der Waals surface area contributed by atoms with Gasteiger partial charge in [-0.25, -0.2) is 4.79 Å². The third-order valence-corrected chi connectivity index (χ3v) is 5.84. The number of nitrogens with zero attached hydrogens (tertiary/aromatic N) is 2. The number of aromatic nitrogens is 1. The van der Waals surface area contributed by atoms with Crippen LogP contribution in [0.25, 0.3) is 10.9 Å². The second kappa shape index (κ2) is 10.8. The van der Waals surface area contributed by atoms with Gasteiger partial charge < -0.3 is 37.5 Å². The molecule has 9 N–H and O–H groups in total. The summed E-state index contributed by atoms with van der Waals surface area (Å²) in [6.45, 7) is 0.676. The van der Waals surface area contributed by atoms with Crippen LogP contribution < -0.4 is 22.5 Å². The Labute approximate surface area is 191 Å². The molecule has 2 amide bonds. The van der Waals surface area contributed by atoms with Gasteiger partial charge in [0.05, 0.1) is 6.04 Å². The maximum atomic E-state index is 13.4. The van der Waals surface area contributed by atoms with Crippen molar-refractivity contribution in [2.45, 2.75) is 50.2 Å². The van der Waals surface area contributed by atoms with Gasteiger partial charge in [0.2, 0.25) is 11.8 Å². The Morgan fingerprint density at radius 3 is 2.76 bits per heavy atom. The molecule has 1 aliphatic rings. The molecule has 1 saturated heterocycles. The molecule has 1 fully saturated rings. The van der Waals surface area contributed by atoms with E-state index in [4.69, 9.17) is 17.2 Å². The van der Waals surface area contributed by atoms with E-state index in [-0.39, 0.29) is 12.4 Å². The minimum Gasteiger partial charge on any atom is -0.480 e. The number of carbonyl (C=O) groups excluding carboxylic acids is 2. The number of hydrogen-bond donors (Lipinski definition) is 6. The Balaban J connectivity index is 1.76. The van der Waals surface area contributed by atoms with Gasteiger partial charge in [-0.2, -0.15) is 0 Å². The normalized spacial score (nSPS) is 17.5. The zero-order valence-electron chi connectivity index (χ0n) is 18.4. The fraction of sp³-hybridized carbons (Fsp3) is 0.455. The lowest BCUT2D eigenvalue weighted by Crippen LogP contribution is -2.55. The highest BCUT2D eigenvalue weighted by atomic mass is 16.4. The maximum absolute atomic E-state index is 13.4. The molecule has 0 unspecified atom stereocenters. The van der Waals surface area contributed by atoms with Crippen molar-refractivity contribution < 1.29 is 19.5 Å². The smallest absolute Gasteiger partial charge is 0.326 e. The topological polar surface area (TPSA) is 193 Å². The summed E-state index contributed by atoms with van der Waals surface area (Å²) in [6.07, 6.45) is 3.82. The maximum Gasteiger partial charge on any atom is 0.326 e. The van der Waals surface area contributed by atoms with E-state index in [1.165, 1.54) is 4.90 Å². The quantitative estimate of drug-likeness (QED) is 0.159. The number of carboxylic acid groups (broad SMARTS) is 1. The predicted molar refractivity (Wildman–Crippen MR) is 124 cm³/mol. The number of carboxylic acids is 1. The fourth-order valence-electron chi connectivity index (χ4n) is 4.14. The number of hydrogen-bond acceptors (Lipinski definition) is 5. The molecule has 1 aliphatic heterocycles. The van der Waals surface area contributed by atoms with Crippen LogP contribution in [0.1, 0.15) is 31.2 Å². The highest BCUT2D eigenvalue weighted by Crippen LogP contribution is 2.23. The van der Waals surface area contributed by atoms with Crippen LogP contribution in [-0.4, -0.2) is 69.9 Å². The molecule has 3 atom stereocenters. The molecular weight excluding hydrogens is 426 g/mol. The van der Waals surface area contributed by atoms with Gasteiger partial charge in [-0.15, -0.1) is 0 Å². The molecule has 0 radical (unpaired) electrons. The number of amides is 2. The van der Waals surface area contributed by atoms with Crippen molar-refractivity contribution in [3.05, 3.63) is 36.0 Å². The Morgan fingerprint density at radius 2 is 2.03 bits per heavy atom. The molecule has 2 aromatic rings. The monoisotopic (exact) mass is 457 g/mol. The molecular formula is C22H31N7O4.